The number of nitrogens with one attached hydrogen (secondary N) is 2. The van der Waals surface area contributed by atoms with Gasteiger partial charge in [0.2, 0.25) is 0 Å². The van der Waals surface area contributed by atoms with Crippen LogP contribution in [0.25, 0.3) is 16.1 Å². The number of nitrogens with zero attached hydrogens (tertiary/aromatic N) is 2. The number of carboxylic acid groups (broad SMARTS) is 1. The van der Waals surface area contributed by atoms with Crippen molar-refractivity contribution in [1.29, 1.82) is 0 Å². The molecule has 1 aliphatic carbocycles. The summed E-state index contributed by atoms with van der Waals surface area (Å²) in [6.45, 7) is -0.221. The molecule has 0 unspecified atom stereocenters. The van der Waals surface area contributed by atoms with Crippen LogP contribution in [0, 0.1) is 11.8 Å². The van der Waals surface area contributed by atoms with Gasteiger partial charge in [0, 0.05) is 31.1 Å². The number of rotatable bonds is 23. The molecule has 14 nitrogen and oxygen atoms in total. The molecule has 0 amide bonds. The molecule has 1 aromatic heterocycles. The number of benzene rings is 2. The highest BCUT2D eigenvalue weighted by Crippen LogP contribution is 2.46. The molecule has 5 rings (SSSR count). The first-order chi connectivity index (χ1) is 27.5. The van der Waals surface area contributed by atoms with E-state index in [9.17, 15) is 39.9 Å². The van der Waals surface area contributed by atoms with E-state index in [-0.39, 0.29) is 55.6 Å². The summed E-state index contributed by atoms with van der Waals surface area (Å²) in [4.78, 5) is 43.3. The standard InChI is InChI=1S/C43H59N6O8/c44-32(12-7-27(25-52)8-13-41(54)55)3-1-4-33-30(11-10-29-20-28-9-6-26(14-17-50)19-31(28)21-34(29)33)22-36(47-40-5-2-16-46-40)35(23-42(56)57)37-24-38(39(53)15-18-51)49-43(45)48-37/h2,5-6,9,16-17,19-21,23,25,27,30,32-33,36-39,41,46,51,53-55H,1,3-4,7-8,10-15,18,22,24,44H2,(H,56,57)(H3,45,48,49)/q-1/b35-23-/t27-,30+,32+,33+,36+,37-,38+,39+/m0/s1. The van der Waals surface area contributed by atoms with E-state index in [4.69, 9.17) is 16.8 Å². The van der Waals surface area contributed by atoms with Crippen LogP contribution in [0.3, 0.4) is 0 Å². The molecule has 14 heteroatoms. The van der Waals surface area contributed by atoms with Gasteiger partial charge in [-0.15, -0.1) is 0 Å². The van der Waals surface area contributed by atoms with E-state index in [2.05, 4.69) is 39.6 Å². The van der Waals surface area contributed by atoms with Crippen LogP contribution in [-0.2, 0) is 27.2 Å². The number of guanidine groups is 1. The lowest BCUT2D eigenvalue weighted by atomic mass is 9.69. The van der Waals surface area contributed by atoms with Gasteiger partial charge in [0.15, 0.2) is 12.2 Å². The number of aromatic nitrogens is 1. The Kier molecular flexibility index (Phi) is 16.2. The lowest BCUT2D eigenvalue weighted by Gasteiger charge is -2.41. The number of nitrogens with two attached hydrogens (primary N) is 2. The molecule has 1 aliphatic heterocycles. The van der Waals surface area contributed by atoms with E-state index in [1.165, 1.54) is 17.2 Å². The number of aliphatic imine (C=N–C) groups is 1. The molecule has 0 saturated heterocycles. The van der Waals surface area contributed by atoms with Gasteiger partial charge in [-0.25, -0.2) is 9.79 Å². The van der Waals surface area contributed by atoms with Crippen molar-refractivity contribution >= 4 is 41.1 Å². The maximum atomic E-state index is 12.5. The third kappa shape index (κ3) is 12.4. The fourth-order valence-electron chi connectivity index (χ4n) is 8.70. The number of aliphatic carboxylic acids is 1. The predicted octanol–water partition coefficient (Wildman–Crippen LogP) is 4.00. The van der Waals surface area contributed by atoms with E-state index in [0.717, 1.165) is 61.0 Å². The average Bonchev–Trinajstić information content (AvgIpc) is 3.70. The number of carbonyl (C=O) groups excluding carboxylic acids is 2. The quantitative estimate of drug-likeness (QED) is 0.0377. The molecule has 2 aromatic carbocycles. The summed E-state index contributed by atoms with van der Waals surface area (Å²) in [5.41, 5.74) is 16.7. The molecule has 11 N–H and O–H groups in total. The number of aliphatic hydroxyl groups is 4. The third-order valence-corrected chi connectivity index (χ3v) is 11.7. The summed E-state index contributed by atoms with van der Waals surface area (Å²) in [6, 6.07) is 12.3. The molecule has 0 radical (unpaired) electrons. The van der Waals surface area contributed by atoms with Crippen LogP contribution in [0.1, 0.15) is 93.2 Å². The van der Waals surface area contributed by atoms with Crippen LogP contribution in [0.5, 0.6) is 0 Å². The molecule has 0 bridgehead atoms. The van der Waals surface area contributed by atoms with Crippen LogP contribution in [0.15, 0.2) is 65.3 Å². The number of hydrogen-bond acceptors (Lipinski definition) is 11. The summed E-state index contributed by atoms with van der Waals surface area (Å²) in [5.74, 6) is -0.608. The summed E-state index contributed by atoms with van der Waals surface area (Å²) >= 11 is 0. The van der Waals surface area contributed by atoms with Crippen molar-refractivity contribution in [2.24, 2.45) is 28.3 Å². The SMILES string of the molecule is NC1=N[C@H](/C(=C\C(=O)O)[C@@H](C[C@H]2CCc3cc4ccc(CC=O)cc4cc3[C@@H]2CCC[C@@H](N)CC[C@H](C=O)CCC(O)O)[N-]c2ccc[nH]2)C[C@H]([C@H](O)CCO)N1. The lowest BCUT2D eigenvalue weighted by Crippen LogP contribution is -2.52. The second-order valence-corrected chi connectivity index (χ2v) is 15.7. The summed E-state index contributed by atoms with van der Waals surface area (Å²) in [6.07, 6.45) is 9.28. The maximum absolute atomic E-state index is 12.5. The van der Waals surface area contributed by atoms with Gasteiger partial charge in [-0.3, -0.25) is 0 Å². The van der Waals surface area contributed by atoms with Crippen molar-refractivity contribution in [3.8, 4) is 0 Å². The number of aromatic amines is 1. The number of aldehydes is 2. The smallest absolute Gasteiger partial charge is 0.328 e. The predicted molar refractivity (Wildman–Crippen MR) is 219 cm³/mol. The number of hydrogen-bond donors (Lipinski definition) is 9. The largest absolute Gasteiger partial charge is 0.478 e. The Morgan fingerprint density at radius 2 is 1.82 bits per heavy atom. The molecular formula is C43H59N6O8-. The van der Waals surface area contributed by atoms with Gasteiger partial charge >= 0.3 is 5.97 Å². The van der Waals surface area contributed by atoms with Gasteiger partial charge in [-0.1, -0.05) is 60.9 Å². The average molecular weight is 788 g/mol. The molecule has 2 aliphatic rings. The zero-order valence-corrected chi connectivity index (χ0v) is 32.5. The second-order valence-electron chi connectivity index (χ2n) is 15.7. The Morgan fingerprint density at radius 1 is 1.02 bits per heavy atom. The molecule has 0 fully saturated rings. The van der Waals surface area contributed by atoms with Crippen molar-refractivity contribution in [3.63, 3.8) is 0 Å². The van der Waals surface area contributed by atoms with Crippen LogP contribution in [-0.4, -0.2) is 98.2 Å². The minimum absolute atomic E-state index is 0.0713. The molecule has 2 heterocycles. The second kappa shape index (κ2) is 21.2. The van der Waals surface area contributed by atoms with Gasteiger partial charge in [-0.2, -0.15) is 0 Å². The lowest BCUT2D eigenvalue weighted by molar-refractivity contribution is -0.131. The fourth-order valence-corrected chi connectivity index (χ4v) is 8.70. The van der Waals surface area contributed by atoms with Crippen molar-refractivity contribution < 1.29 is 39.9 Å². The third-order valence-electron chi connectivity index (χ3n) is 11.7. The monoisotopic (exact) mass is 787 g/mol. The van der Waals surface area contributed by atoms with Gasteiger partial charge in [0.05, 0.1) is 18.2 Å². The number of aliphatic hydroxyl groups excluding tert-OH is 3. The zero-order chi connectivity index (χ0) is 40.9. The molecule has 57 heavy (non-hydrogen) atoms. The summed E-state index contributed by atoms with van der Waals surface area (Å²) in [5, 5.41) is 59.3. The first kappa shape index (κ1) is 43.5. The van der Waals surface area contributed by atoms with Gasteiger partial charge in [-0.05, 0) is 122 Å². The zero-order valence-electron chi connectivity index (χ0n) is 32.5. The van der Waals surface area contributed by atoms with Gasteiger partial charge in [0.25, 0.3) is 0 Å². The number of aryl methyl sites for hydroxylation is 1. The highest BCUT2D eigenvalue weighted by Gasteiger charge is 2.36. The highest BCUT2D eigenvalue weighted by molar-refractivity contribution is 5.86. The van der Waals surface area contributed by atoms with Crippen LogP contribution in [0.4, 0.5) is 5.82 Å². The molecule has 0 saturated carbocycles. The maximum Gasteiger partial charge on any atom is 0.328 e. The van der Waals surface area contributed by atoms with E-state index < -0.39 is 36.5 Å². The van der Waals surface area contributed by atoms with Crippen LogP contribution < -0.4 is 16.8 Å². The van der Waals surface area contributed by atoms with E-state index in [1.807, 2.05) is 18.2 Å². The van der Waals surface area contributed by atoms with Crippen molar-refractivity contribution in [1.82, 2.24) is 10.3 Å². The number of carboxylic acids is 1. The van der Waals surface area contributed by atoms with Gasteiger partial charge in [0.1, 0.15) is 12.6 Å². The molecule has 8 atom stereocenters. The first-order valence-corrected chi connectivity index (χ1v) is 20.2. The molecular weight excluding hydrogens is 729 g/mol. The van der Waals surface area contributed by atoms with Crippen molar-refractivity contribution in [2.45, 2.75) is 126 Å². The first-order valence-electron chi connectivity index (χ1n) is 20.2. The van der Waals surface area contributed by atoms with Gasteiger partial charge < -0.3 is 62.2 Å². The van der Waals surface area contributed by atoms with E-state index in [0.29, 0.717) is 43.5 Å². The Bertz CT molecular complexity index is 1830. The van der Waals surface area contributed by atoms with Crippen molar-refractivity contribution in [2.75, 3.05) is 6.61 Å². The minimum atomic E-state index is -1.45. The summed E-state index contributed by atoms with van der Waals surface area (Å²) < 4.78 is 0. The Balaban J connectivity index is 1.45. The molecule has 3 aromatic rings. The Hall–Kier alpha value is -4.60. The Morgan fingerprint density at radius 3 is 2.53 bits per heavy atom. The topological polar surface area (TPSA) is 259 Å². The highest BCUT2D eigenvalue weighted by atomic mass is 16.5. The van der Waals surface area contributed by atoms with Crippen LogP contribution >= 0.6 is 0 Å². The van der Waals surface area contributed by atoms with Crippen molar-refractivity contribution in [3.05, 3.63) is 82.3 Å². The molecule has 0 spiro atoms. The molecule has 310 valence electrons. The van der Waals surface area contributed by atoms with E-state index >= 15 is 0 Å². The minimum Gasteiger partial charge on any atom is -0.478 e. The van der Waals surface area contributed by atoms with E-state index in [1.54, 1.807) is 6.20 Å². The van der Waals surface area contributed by atoms with Crippen LogP contribution in [0.2, 0.25) is 0 Å². The fraction of sp³-hybridized carbons (Fsp3) is 0.535. The number of fused-ring (bicyclic) bond motifs is 2. The summed E-state index contributed by atoms with van der Waals surface area (Å²) in [7, 11) is 0. The normalized spacial score (nSPS) is 21.9. The number of H-pyrrole nitrogens is 1. The number of carbonyl (C=O) groups is 3. The Labute approximate surface area is 333 Å².